The zero-order chi connectivity index (χ0) is 9.10. The lowest BCUT2D eigenvalue weighted by atomic mass is 10.1. The average molecular weight is 197 g/mol. The second-order valence-electron chi connectivity index (χ2n) is 3.32. The van der Waals surface area contributed by atoms with Gasteiger partial charge in [-0.2, -0.15) is 0 Å². The zero-order valence-electron chi connectivity index (χ0n) is 7.86. The summed E-state index contributed by atoms with van der Waals surface area (Å²) >= 11 is 1.74. The minimum absolute atomic E-state index is 0.672. The smallest absolute Gasteiger partial charge is 0.185 e. The molecule has 0 saturated carbocycles. The predicted octanol–water partition coefficient (Wildman–Crippen LogP) is 1.33. The molecule has 1 aromatic rings. The van der Waals surface area contributed by atoms with Crippen LogP contribution in [0.15, 0.2) is 11.6 Å². The summed E-state index contributed by atoms with van der Waals surface area (Å²) in [7, 11) is 0. The van der Waals surface area contributed by atoms with Gasteiger partial charge in [-0.25, -0.2) is 4.98 Å². The minimum Gasteiger partial charge on any atom is -0.343 e. The summed E-state index contributed by atoms with van der Waals surface area (Å²) in [5.41, 5.74) is 0. The molecule has 1 N–H and O–H groups in total. The molecule has 1 aromatic heterocycles. The number of nitrogens with one attached hydrogen (secondary N) is 1. The van der Waals surface area contributed by atoms with E-state index in [1.165, 1.54) is 11.6 Å². The van der Waals surface area contributed by atoms with Crippen molar-refractivity contribution in [1.82, 2.24) is 10.3 Å². The summed E-state index contributed by atoms with van der Waals surface area (Å²) in [6.07, 6.45) is 3.07. The van der Waals surface area contributed by atoms with Gasteiger partial charge in [-0.3, -0.25) is 0 Å². The maximum atomic E-state index is 4.35. The second-order valence-corrected chi connectivity index (χ2v) is 4.19. The van der Waals surface area contributed by atoms with Gasteiger partial charge in [-0.05, 0) is 6.42 Å². The predicted molar refractivity (Wildman–Crippen MR) is 56.4 cm³/mol. The van der Waals surface area contributed by atoms with E-state index in [4.69, 9.17) is 0 Å². The second kappa shape index (κ2) is 4.07. The Kier molecular flexibility index (Phi) is 2.80. The number of nitrogens with zero attached hydrogens (tertiary/aromatic N) is 2. The summed E-state index contributed by atoms with van der Waals surface area (Å²) in [4.78, 5) is 6.77. The van der Waals surface area contributed by atoms with Crippen molar-refractivity contribution in [3.05, 3.63) is 11.6 Å². The van der Waals surface area contributed by atoms with Crippen molar-refractivity contribution < 1.29 is 0 Å². The fourth-order valence-electron chi connectivity index (χ4n) is 1.53. The first-order chi connectivity index (χ1) is 6.42. The normalized spacial score (nSPS) is 17.0. The van der Waals surface area contributed by atoms with E-state index in [0.717, 1.165) is 19.6 Å². The summed E-state index contributed by atoms with van der Waals surface area (Å²) in [6.45, 7) is 5.56. The van der Waals surface area contributed by atoms with Gasteiger partial charge in [0.1, 0.15) is 0 Å². The summed E-state index contributed by atoms with van der Waals surface area (Å²) in [5.74, 6) is 0. The number of aromatic nitrogens is 1. The first-order valence-electron chi connectivity index (χ1n) is 4.78. The number of hydrogen-bond acceptors (Lipinski definition) is 4. The molecule has 0 radical (unpaired) electrons. The van der Waals surface area contributed by atoms with E-state index in [0.29, 0.717) is 6.04 Å². The summed E-state index contributed by atoms with van der Waals surface area (Å²) < 4.78 is 0. The van der Waals surface area contributed by atoms with Crippen LogP contribution in [0.1, 0.15) is 13.3 Å². The first kappa shape index (κ1) is 8.97. The molecule has 1 saturated heterocycles. The van der Waals surface area contributed by atoms with Crippen molar-refractivity contribution in [1.29, 1.82) is 0 Å². The number of hydrogen-bond donors (Lipinski definition) is 1. The highest BCUT2D eigenvalue weighted by Crippen LogP contribution is 2.21. The quantitative estimate of drug-likeness (QED) is 0.789. The van der Waals surface area contributed by atoms with Crippen molar-refractivity contribution in [2.24, 2.45) is 0 Å². The van der Waals surface area contributed by atoms with Crippen LogP contribution in [-0.2, 0) is 0 Å². The van der Waals surface area contributed by atoms with Gasteiger partial charge in [0.25, 0.3) is 0 Å². The fourth-order valence-corrected chi connectivity index (χ4v) is 2.27. The molecule has 2 rings (SSSR count). The Morgan fingerprint density at radius 3 is 3.00 bits per heavy atom. The Labute approximate surface area is 82.8 Å². The number of anilines is 1. The molecule has 0 aliphatic carbocycles. The lowest BCUT2D eigenvalue weighted by Crippen LogP contribution is -2.57. The van der Waals surface area contributed by atoms with Gasteiger partial charge in [0.2, 0.25) is 0 Å². The van der Waals surface area contributed by atoms with E-state index in [1.807, 2.05) is 11.6 Å². The minimum atomic E-state index is 0.672. The molecule has 0 bridgehead atoms. The lowest BCUT2D eigenvalue weighted by Gasteiger charge is -2.38. The molecule has 1 fully saturated rings. The highest BCUT2D eigenvalue weighted by Gasteiger charge is 2.25. The van der Waals surface area contributed by atoms with Gasteiger partial charge >= 0.3 is 0 Å². The van der Waals surface area contributed by atoms with Gasteiger partial charge in [0, 0.05) is 31.2 Å². The topological polar surface area (TPSA) is 28.2 Å². The molecule has 4 heteroatoms. The standard InChI is InChI=1S/C9H15N3S/c1-2-4-12(8-6-10-7-8)9-11-3-5-13-9/h3,5,8,10H,2,4,6-7H2,1H3. The molecule has 1 aliphatic rings. The number of thiazole rings is 1. The maximum absolute atomic E-state index is 4.35. The van der Waals surface area contributed by atoms with Gasteiger partial charge in [-0.1, -0.05) is 6.92 Å². The zero-order valence-corrected chi connectivity index (χ0v) is 8.68. The Morgan fingerprint density at radius 1 is 1.69 bits per heavy atom. The van der Waals surface area contributed by atoms with Crippen molar-refractivity contribution in [2.45, 2.75) is 19.4 Å². The molecule has 13 heavy (non-hydrogen) atoms. The van der Waals surface area contributed by atoms with Crippen LogP contribution >= 0.6 is 11.3 Å². The van der Waals surface area contributed by atoms with E-state index < -0.39 is 0 Å². The molecule has 0 aromatic carbocycles. The summed E-state index contributed by atoms with van der Waals surface area (Å²) in [5, 5.41) is 6.52. The van der Waals surface area contributed by atoms with Crippen LogP contribution in [0.3, 0.4) is 0 Å². The van der Waals surface area contributed by atoms with E-state index >= 15 is 0 Å². The fraction of sp³-hybridized carbons (Fsp3) is 0.667. The Bertz CT molecular complexity index is 243. The van der Waals surface area contributed by atoms with Crippen molar-refractivity contribution in [3.8, 4) is 0 Å². The maximum Gasteiger partial charge on any atom is 0.185 e. The Hall–Kier alpha value is -0.610. The van der Waals surface area contributed by atoms with Gasteiger partial charge < -0.3 is 10.2 Å². The number of rotatable bonds is 4. The molecule has 2 heterocycles. The molecular weight excluding hydrogens is 182 g/mol. The molecule has 0 unspecified atom stereocenters. The van der Waals surface area contributed by atoms with Crippen LogP contribution < -0.4 is 10.2 Å². The SMILES string of the molecule is CCCN(c1nccs1)C1CNC1. The van der Waals surface area contributed by atoms with E-state index in [2.05, 4.69) is 22.1 Å². The lowest BCUT2D eigenvalue weighted by molar-refractivity contribution is 0.412. The van der Waals surface area contributed by atoms with Crippen molar-refractivity contribution in [2.75, 3.05) is 24.5 Å². The van der Waals surface area contributed by atoms with Crippen LogP contribution in [0.4, 0.5) is 5.13 Å². The highest BCUT2D eigenvalue weighted by atomic mass is 32.1. The van der Waals surface area contributed by atoms with E-state index in [-0.39, 0.29) is 0 Å². The van der Waals surface area contributed by atoms with Crippen LogP contribution in [0.25, 0.3) is 0 Å². The van der Waals surface area contributed by atoms with Crippen LogP contribution in [0.2, 0.25) is 0 Å². The van der Waals surface area contributed by atoms with Gasteiger partial charge in [0.05, 0.1) is 6.04 Å². The molecule has 0 spiro atoms. The van der Waals surface area contributed by atoms with Crippen molar-refractivity contribution in [3.63, 3.8) is 0 Å². The third-order valence-electron chi connectivity index (χ3n) is 2.33. The van der Waals surface area contributed by atoms with Crippen LogP contribution in [0.5, 0.6) is 0 Å². The van der Waals surface area contributed by atoms with E-state index in [1.54, 1.807) is 11.3 Å². The molecule has 3 nitrogen and oxygen atoms in total. The largest absolute Gasteiger partial charge is 0.343 e. The van der Waals surface area contributed by atoms with E-state index in [9.17, 15) is 0 Å². The highest BCUT2D eigenvalue weighted by molar-refractivity contribution is 7.13. The average Bonchev–Trinajstić information content (AvgIpc) is 2.51. The van der Waals surface area contributed by atoms with Crippen molar-refractivity contribution >= 4 is 16.5 Å². The van der Waals surface area contributed by atoms with Crippen LogP contribution in [-0.4, -0.2) is 30.7 Å². The monoisotopic (exact) mass is 197 g/mol. The third-order valence-corrected chi connectivity index (χ3v) is 3.14. The molecule has 72 valence electrons. The Balaban J connectivity index is 2.04. The van der Waals surface area contributed by atoms with Gasteiger partial charge in [0.15, 0.2) is 5.13 Å². The van der Waals surface area contributed by atoms with Gasteiger partial charge in [-0.15, -0.1) is 11.3 Å². The molecule has 0 amide bonds. The van der Waals surface area contributed by atoms with Crippen LogP contribution in [0, 0.1) is 0 Å². The third kappa shape index (κ3) is 1.84. The molecule has 0 atom stereocenters. The summed E-state index contributed by atoms with van der Waals surface area (Å²) in [6, 6.07) is 0.672. The first-order valence-corrected chi connectivity index (χ1v) is 5.66. The molecule has 1 aliphatic heterocycles. The molecular formula is C9H15N3S. The Morgan fingerprint density at radius 2 is 2.54 bits per heavy atom.